The van der Waals surface area contributed by atoms with Crippen LogP contribution in [0.2, 0.25) is 0 Å². The molecule has 2 aromatic rings. The fourth-order valence-corrected chi connectivity index (χ4v) is 4.20. The molecule has 24 heavy (non-hydrogen) atoms. The number of benzene rings is 1. The molecule has 1 heterocycles. The summed E-state index contributed by atoms with van der Waals surface area (Å²) in [7, 11) is -3.78. The molecular formula is C16H18N2O4S2. The molecule has 1 aliphatic rings. The summed E-state index contributed by atoms with van der Waals surface area (Å²) in [5.74, 6) is -0.0814. The number of thiophene rings is 1. The molecule has 0 bridgehead atoms. The minimum atomic E-state index is -3.78. The van der Waals surface area contributed by atoms with Gasteiger partial charge in [0.25, 0.3) is 5.91 Å². The zero-order valence-electron chi connectivity index (χ0n) is 12.8. The standard InChI is InChI=1S/C16H18N2O4S2/c17-24(21,22)13-5-3-10(4-6-13)16(20)18-15(11-8-12(19)9-11)14-2-1-7-23-14/h1-7,11-12,15,19H,8-9H2,(H,18,20)(H2,17,21,22). The van der Waals surface area contributed by atoms with Gasteiger partial charge in [-0.25, -0.2) is 13.6 Å². The predicted molar refractivity (Wildman–Crippen MR) is 91.1 cm³/mol. The SMILES string of the molecule is NS(=O)(=O)c1ccc(C(=O)NC(c2cccs2)C2CC(O)C2)cc1. The number of sulfonamides is 1. The van der Waals surface area contributed by atoms with Gasteiger partial charge in [0.05, 0.1) is 17.0 Å². The molecule has 0 aliphatic heterocycles. The first-order valence-corrected chi connectivity index (χ1v) is 9.92. The summed E-state index contributed by atoms with van der Waals surface area (Å²) in [4.78, 5) is 13.5. The largest absolute Gasteiger partial charge is 0.393 e. The molecule has 0 saturated heterocycles. The number of nitrogens with one attached hydrogen (secondary N) is 1. The summed E-state index contributed by atoms with van der Waals surface area (Å²) in [6.07, 6.45) is 1.02. The zero-order valence-corrected chi connectivity index (χ0v) is 14.4. The number of nitrogens with two attached hydrogens (primary N) is 1. The van der Waals surface area contributed by atoms with Crippen LogP contribution in [0.25, 0.3) is 0 Å². The highest BCUT2D eigenvalue weighted by atomic mass is 32.2. The van der Waals surface area contributed by atoms with Crippen molar-refractivity contribution in [3.8, 4) is 0 Å². The Balaban J connectivity index is 1.76. The molecule has 0 radical (unpaired) electrons. The van der Waals surface area contributed by atoms with Gasteiger partial charge < -0.3 is 10.4 Å². The Morgan fingerprint density at radius 3 is 2.42 bits per heavy atom. The van der Waals surface area contributed by atoms with E-state index in [0.29, 0.717) is 18.4 Å². The van der Waals surface area contributed by atoms with E-state index in [0.717, 1.165) is 4.88 Å². The molecule has 0 spiro atoms. The van der Waals surface area contributed by atoms with Crippen LogP contribution in [0.15, 0.2) is 46.7 Å². The summed E-state index contributed by atoms with van der Waals surface area (Å²) in [5.41, 5.74) is 0.365. The lowest BCUT2D eigenvalue weighted by molar-refractivity contribution is 0.0241. The Bertz CT molecular complexity index is 810. The van der Waals surface area contributed by atoms with Crippen molar-refractivity contribution in [3.05, 3.63) is 52.2 Å². The van der Waals surface area contributed by atoms with Gasteiger partial charge in [0, 0.05) is 10.4 Å². The molecule has 6 nitrogen and oxygen atoms in total. The topological polar surface area (TPSA) is 109 Å². The van der Waals surface area contributed by atoms with E-state index in [9.17, 15) is 18.3 Å². The van der Waals surface area contributed by atoms with Gasteiger partial charge in [-0.15, -0.1) is 11.3 Å². The van der Waals surface area contributed by atoms with Crippen molar-refractivity contribution in [2.24, 2.45) is 11.1 Å². The molecule has 3 rings (SSSR count). The molecule has 1 aromatic carbocycles. The molecule has 128 valence electrons. The highest BCUT2D eigenvalue weighted by Gasteiger charge is 2.36. The molecule has 1 atom stereocenters. The van der Waals surface area contributed by atoms with Crippen molar-refractivity contribution in [3.63, 3.8) is 0 Å². The Kier molecular flexibility index (Phi) is 4.73. The summed E-state index contributed by atoms with van der Waals surface area (Å²) >= 11 is 1.56. The van der Waals surface area contributed by atoms with Gasteiger partial charge in [-0.05, 0) is 54.5 Å². The molecule has 1 fully saturated rings. The van der Waals surface area contributed by atoms with Crippen LogP contribution < -0.4 is 10.5 Å². The summed E-state index contributed by atoms with van der Waals surface area (Å²) in [6.45, 7) is 0. The van der Waals surface area contributed by atoms with Crippen molar-refractivity contribution in [1.29, 1.82) is 0 Å². The summed E-state index contributed by atoms with van der Waals surface area (Å²) in [5, 5.41) is 19.5. The first-order chi connectivity index (χ1) is 11.3. The molecule has 4 N–H and O–H groups in total. The lowest BCUT2D eigenvalue weighted by atomic mass is 9.76. The summed E-state index contributed by atoms with van der Waals surface area (Å²) in [6, 6.07) is 9.25. The van der Waals surface area contributed by atoms with E-state index in [2.05, 4.69) is 5.32 Å². The van der Waals surface area contributed by atoms with Crippen LogP contribution in [0.5, 0.6) is 0 Å². The van der Waals surface area contributed by atoms with Crippen LogP contribution in [0.4, 0.5) is 0 Å². The minimum absolute atomic E-state index is 0.0315. The van der Waals surface area contributed by atoms with E-state index < -0.39 is 10.0 Å². The molecule has 8 heteroatoms. The third-order valence-electron chi connectivity index (χ3n) is 4.20. The smallest absolute Gasteiger partial charge is 0.251 e. The van der Waals surface area contributed by atoms with Gasteiger partial charge in [0.2, 0.25) is 10.0 Å². The maximum Gasteiger partial charge on any atom is 0.251 e. The number of aliphatic hydroxyl groups excluding tert-OH is 1. The second kappa shape index (κ2) is 6.64. The Morgan fingerprint density at radius 1 is 1.25 bits per heavy atom. The van der Waals surface area contributed by atoms with Gasteiger partial charge in [-0.1, -0.05) is 6.07 Å². The second-order valence-electron chi connectivity index (χ2n) is 5.92. The van der Waals surface area contributed by atoms with Crippen LogP contribution >= 0.6 is 11.3 Å². The van der Waals surface area contributed by atoms with E-state index in [4.69, 9.17) is 5.14 Å². The number of aliphatic hydroxyl groups is 1. The van der Waals surface area contributed by atoms with E-state index in [1.807, 2.05) is 17.5 Å². The van der Waals surface area contributed by atoms with E-state index >= 15 is 0 Å². The van der Waals surface area contributed by atoms with E-state index in [-0.39, 0.29) is 28.9 Å². The number of primary sulfonamides is 1. The van der Waals surface area contributed by atoms with Gasteiger partial charge in [-0.2, -0.15) is 0 Å². The lowest BCUT2D eigenvalue weighted by Gasteiger charge is -2.37. The highest BCUT2D eigenvalue weighted by molar-refractivity contribution is 7.89. The Morgan fingerprint density at radius 2 is 1.92 bits per heavy atom. The number of hydrogen-bond acceptors (Lipinski definition) is 5. The van der Waals surface area contributed by atoms with Crippen LogP contribution in [-0.2, 0) is 10.0 Å². The molecule has 1 aromatic heterocycles. The van der Waals surface area contributed by atoms with Crippen LogP contribution in [0, 0.1) is 5.92 Å². The number of hydrogen-bond donors (Lipinski definition) is 3. The van der Waals surface area contributed by atoms with Crippen molar-refractivity contribution in [2.45, 2.75) is 29.9 Å². The monoisotopic (exact) mass is 366 g/mol. The second-order valence-corrected chi connectivity index (χ2v) is 8.46. The van der Waals surface area contributed by atoms with Gasteiger partial charge in [0.1, 0.15) is 0 Å². The number of rotatable bonds is 5. The number of carbonyl (C=O) groups excluding carboxylic acids is 1. The van der Waals surface area contributed by atoms with Crippen molar-refractivity contribution in [1.82, 2.24) is 5.32 Å². The van der Waals surface area contributed by atoms with E-state index in [1.54, 1.807) is 11.3 Å². The maximum atomic E-state index is 12.5. The third-order valence-corrected chi connectivity index (χ3v) is 6.09. The quantitative estimate of drug-likeness (QED) is 0.747. The molecule has 1 amide bonds. The fourth-order valence-electron chi connectivity index (χ4n) is 2.81. The number of amides is 1. The predicted octanol–water partition coefficient (Wildman–Crippen LogP) is 1.64. The van der Waals surface area contributed by atoms with Crippen LogP contribution in [0.3, 0.4) is 0 Å². The Hall–Kier alpha value is -1.74. The lowest BCUT2D eigenvalue weighted by Crippen LogP contribution is -2.41. The van der Waals surface area contributed by atoms with Crippen LogP contribution in [-0.4, -0.2) is 25.5 Å². The first kappa shape index (κ1) is 17.1. The average molecular weight is 366 g/mol. The molecular weight excluding hydrogens is 348 g/mol. The number of carbonyl (C=O) groups is 1. The van der Waals surface area contributed by atoms with Crippen molar-refractivity contribution in [2.75, 3.05) is 0 Å². The fraction of sp³-hybridized carbons (Fsp3) is 0.312. The zero-order chi connectivity index (χ0) is 17.3. The average Bonchev–Trinajstić information content (AvgIpc) is 3.03. The van der Waals surface area contributed by atoms with Gasteiger partial charge in [0.15, 0.2) is 0 Å². The van der Waals surface area contributed by atoms with Gasteiger partial charge >= 0.3 is 0 Å². The molecule has 1 unspecified atom stereocenters. The van der Waals surface area contributed by atoms with E-state index in [1.165, 1.54) is 24.3 Å². The third kappa shape index (κ3) is 3.67. The maximum absolute atomic E-state index is 12.5. The Labute approximate surface area is 144 Å². The minimum Gasteiger partial charge on any atom is -0.393 e. The van der Waals surface area contributed by atoms with Crippen LogP contribution in [0.1, 0.15) is 34.1 Å². The first-order valence-electron chi connectivity index (χ1n) is 7.50. The summed E-state index contributed by atoms with van der Waals surface area (Å²) < 4.78 is 22.5. The highest BCUT2D eigenvalue weighted by Crippen LogP contribution is 2.39. The normalized spacial score (nSPS) is 21.8. The molecule has 1 saturated carbocycles. The molecule has 1 aliphatic carbocycles. The van der Waals surface area contributed by atoms with Gasteiger partial charge in [-0.3, -0.25) is 4.79 Å². The van der Waals surface area contributed by atoms with Crippen molar-refractivity contribution < 1.29 is 18.3 Å². The van der Waals surface area contributed by atoms with Crippen molar-refractivity contribution >= 4 is 27.3 Å².